The summed E-state index contributed by atoms with van der Waals surface area (Å²) in [5, 5.41) is 9.66. The third-order valence-electron chi connectivity index (χ3n) is 13.5. The maximum Gasteiger partial charge on any atom is 0.306 e. The minimum absolute atomic E-state index is 0.0597. The lowest BCUT2D eigenvalue weighted by atomic mass is 10.0. The molecule has 384 valence electrons. The number of hydrogen-bond acceptors (Lipinski definition) is 5. The molecule has 0 heterocycles. The van der Waals surface area contributed by atoms with Crippen molar-refractivity contribution in [2.75, 3.05) is 13.2 Å². The van der Waals surface area contributed by atoms with Crippen LogP contribution in [0.3, 0.4) is 0 Å². The maximum atomic E-state index is 12.3. The number of allylic oxidation sites excluding steroid dienone is 4. The molecule has 0 rings (SSSR count). The third-order valence-corrected chi connectivity index (χ3v) is 13.5. The van der Waals surface area contributed by atoms with Crippen LogP contribution >= 0.6 is 0 Å². The first-order valence-corrected chi connectivity index (χ1v) is 29.4. The summed E-state index contributed by atoms with van der Waals surface area (Å²) in [6.45, 7) is 4.19. The normalized spacial score (nSPS) is 12.2. The van der Waals surface area contributed by atoms with E-state index in [1.165, 1.54) is 263 Å². The molecule has 0 radical (unpaired) electrons. The highest BCUT2D eigenvalue weighted by Gasteiger charge is 2.16. The van der Waals surface area contributed by atoms with Crippen LogP contribution in [0.5, 0.6) is 0 Å². The van der Waals surface area contributed by atoms with Crippen LogP contribution < -0.4 is 0 Å². The second-order valence-electron chi connectivity index (χ2n) is 20.1. The molecule has 65 heavy (non-hydrogen) atoms. The van der Waals surface area contributed by atoms with Crippen molar-refractivity contribution in [1.29, 1.82) is 0 Å². The molecule has 1 atom stereocenters. The molecule has 0 spiro atoms. The molecule has 0 aliphatic heterocycles. The maximum absolute atomic E-state index is 12.3. The Kier molecular flexibility index (Phi) is 55.3. The van der Waals surface area contributed by atoms with Gasteiger partial charge in [0.25, 0.3) is 0 Å². The van der Waals surface area contributed by atoms with Gasteiger partial charge >= 0.3 is 11.9 Å². The van der Waals surface area contributed by atoms with Crippen LogP contribution in [0.2, 0.25) is 0 Å². The molecule has 5 heteroatoms. The van der Waals surface area contributed by atoms with Crippen molar-refractivity contribution in [1.82, 2.24) is 0 Å². The summed E-state index contributed by atoms with van der Waals surface area (Å²) in [5.41, 5.74) is 0. The fourth-order valence-electron chi connectivity index (χ4n) is 9.06. The predicted octanol–water partition coefficient (Wildman–Crippen LogP) is 19.7. The summed E-state index contributed by atoms with van der Waals surface area (Å²) in [5.74, 6) is -0.571. The second kappa shape index (κ2) is 56.7. The van der Waals surface area contributed by atoms with E-state index in [9.17, 15) is 14.7 Å². The molecule has 0 fully saturated rings. The molecule has 0 saturated heterocycles. The van der Waals surface area contributed by atoms with Gasteiger partial charge in [0.15, 0.2) is 6.10 Å². The van der Waals surface area contributed by atoms with Crippen LogP contribution in [-0.2, 0) is 19.1 Å². The van der Waals surface area contributed by atoms with Gasteiger partial charge in [0.05, 0.1) is 6.61 Å². The predicted molar refractivity (Wildman–Crippen MR) is 284 cm³/mol. The number of esters is 2. The van der Waals surface area contributed by atoms with E-state index in [1.807, 2.05) is 0 Å². The van der Waals surface area contributed by atoms with Crippen molar-refractivity contribution in [3.8, 4) is 0 Å². The molecule has 5 nitrogen and oxygen atoms in total. The van der Waals surface area contributed by atoms with Gasteiger partial charge in [-0.2, -0.15) is 0 Å². The highest BCUT2D eigenvalue weighted by molar-refractivity contribution is 5.70. The molecule has 1 unspecified atom stereocenters. The Balaban J connectivity index is 3.42. The lowest BCUT2D eigenvalue weighted by Gasteiger charge is -2.15. The van der Waals surface area contributed by atoms with E-state index in [2.05, 4.69) is 38.2 Å². The van der Waals surface area contributed by atoms with Gasteiger partial charge in [-0.25, -0.2) is 0 Å². The number of carbonyl (C=O) groups excluding carboxylic acids is 2. The van der Waals surface area contributed by atoms with Crippen LogP contribution in [0.25, 0.3) is 0 Å². The Morgan fingerprint density at radius 2 is 0.615 bits per heavy atom. The van der Waals surface area contributed by atoms with E-state index in [1.54, 1.807) is 0 Å². The highest BCUT2D eigenvalue weighted by Crippen LogP contribution is 2.18. The van der Waals surface area contributed by atoms with Crippen LogP contribution in [0, 0.1) is 0 Å². The number of ether oxygens (including phenoxy) is 2. The lowest BCUT2D eigenvalue weighted by molar-refractivity contribution is -0.161. The number of aliphatic hydroxyl groups excluding tert-OH is 1. The standard InChI is InChI=1S/C60H114O5/c1-3-5-7-9-11-13-15-17-19-21-23-25-27-29-31-32-34-36-38-40-42-44-46-48-50-52-54-59(62)64-57-58(56-61)65-60(63)55-53-51-49-47-45-43-41-39-37-35-33-30-28-26-24-22-20-18-16-14-12-10-8-6-4-2/h16,18,22,24,58,61H,3-15,17,19-21,23,25-57H2,1-2H3/b18-16-,24-22-. The first-order chi connectivity index (χ1) is 32.1. The summed E-state index contributed by atoms with van der Waals surface area (Å²) in [4.78, 5) is 24.5. The van der Waals surface area contributed by atoms with Gasteiger partial charge in [-0.05, 0) is 44.9 Å². The molecule has 0 aromatic heterocycles. The van der Waals surface area contributed by atoms with Gasteiger partial charge in [0, 0.05) is 12.8 Å². The zero-order valence-corrected chi connectivity index (χ0v) is 44.0. The molecule has 0 aliphatic carbocycles. The van der Waals surface area contributed by atoms with Crippen molar-refractivity contribution >= 4 is 11.9 Å². The summed E-state index contributed by atoms with van der Waals surface area (Å²) in [6.07, 6.45) is 71.6. The number of hydrogen-bond donors (Lipinski definition) is 1. The summed E-state index contributed by atoms with van der Waals surface area (Å²) < 4.78 is 10.7. The highest BCUT2D eigenvalue weighted by atomic mass is 16.6. The average Bonchev–Trinajstić information content (AvgIpc) is 3.31. The van der Waals surface area contributed by atoms with Gasteiger partial charge in [0.2, 0.25) is 0 Å². The molecule has 0 aromatic carbocycles. The van der Waals surface area contributed by atoms with Crippen LogP contribution in [0.15, 0.2) is 24.3 Å². The van der Waals surface area contributed by atoms with E-state index in [0.717, 1.165) is 38.5 Å². The number of rotatable bonds is 55. The first-order valence-electron chi connectivity index (χ1n) is 29.4. The van der Waals surface area contributed by atoms with Crippen molar-refractivity contribution < 1.29 is 24.2 Å². The van der Waals surface area contributed by atoms with Gasteiger partial charge in [-0.3, -0.25) is 9.59 Å². The molecule has 1 N–H and O–H groups in total. The monoisotopic (exact) mass is 915 g/mol. The topological polar surface area (TPSA) is 72.8 Å². The Morgan fingerprint density at radius 3 is 0.908 bits per heavy atom. The number of unbranched alkanes of at least 4 members (excludes halogenated alkanes) is 43. The van der Waals surface area contributed by atoms with E-state index < -0.39 is 6.10 Å². The van der Waals surface area contributed by atoms with Crippen LogP contribution in [0.4, 0.5) is 0 Å². The first kappa shape index (κ1) is 63.4. The molecule has 0 aromatic rings. The van der Waals surface area contributed by atoms with Crippen molar-refractivity contribution in [2.45, 2.75) is 335 Å². The van der Waals surface area contributed by atoms with E-state index >= 15 is 0 Å². The Labute approximate surface area is 406 Å². The van der Waals surface area contributed by atoms with Gasteiger partial charge < -0.3 is 14.6 Å². The Bertz CT molecular complexity index is 990. The molecule has 0 amide bonds. The van der Waals surface area contributed by atoms with Crippen molar-refractivity contribution in [3.63, 3.8) is 0 Å². The zero-order chi connectivity index (χ0) is 47.0. The fourth-order valence-corrected chi connectivity index (χ4v) is 9.06. The van der Waals surface area contributed by atoms with Crippen molar-refractivity contribution in [2.24, 2.45) is 0 Å². The van der Waals surface area contributed by atoms with Gasteiger partial charge in [0.1, 0.15) is 6.61 Å². The minimum atomic E-state index is -0.769. The van der Waals surface area contributed by atoms with Gasteiger partial charge in [-0.15, -0.1) is 0 Å². The SMILES string of the molecule is CCCCCCC/C=C\C/C=C\CCCCCCCCCCCCCCCC(=O)OC(CO)COC(=O)CCCCCCCCCCCCCCCCCCCCCCCCCCCC. The van der Waals surface area contributed by atoms with E-state index in [-0.39, 0.29) is 25.2 Å². The molecule has 0 aliphatic rings. The smallest absolute Gasteiger partial charge is 0.306 e. The Hall–Kier alpha value is -1.62. The van der Waals surface area contributed by atoms with Crippen molar-refractivity contribution in [3.05, 3.63) is 24.3 Å². The number of carbonyl (C=O) groups is 2. The van der Waals surface area contributed by atoms with E-state index in [4.69, 9.17) is 9.47 Å². The summed E-state index contributed by atoms with van der Waals surface area (Å²) in [6, 6.07) is 0. The lowest BCUT2D eigenvalue weighted by Crippen LogP contribution is -2.28. The van der Waals surface area contributed by atoms with Crippen LogP contribution in [-0.4, -0.2) is 36.4 Å². The molecular formula is C60H114O5. The van der Waals surface area contributed by atoms with Crippen LogP contribution in [0.1, 0.15) is 328 Å². The number of aliphatic hydroxyl groups is 1. The Morgan fingerprint density at radius 1 is 0.354 bits per heavy atom. The second-order valence-corrected chi connectivity index (χ2v) is 20.1. The molecule has 0 bridgehead atoms. The minimum Gasteiger partial charge on any atom is -0.462 e. The molecule has 0 saturated carbocycles. The van der Waals surface area contributed by atoms with E-state index in [0.29, 0.717) is 12.8 Å². The van der Waals surface area contributed by atoms with Gasteiger partial charge in [-0.1, -0.05) is 295 Å². The summed E-state index contributed by atoms with van der Waals surface area (Å²) in [7, 11) is 0. The third kappa shape index (κ3) is 54.9. The fraction of sp³-hybridized carbons (Fsp3) is 0.900. The largest absolute Gasteiger partial charge is 0.462 e. The summed E-state index contributed by atoms with van der Waals surface area (Å²) >= 11 is 0. The quantitative estimate of drug-likeness (QED) is 0.0374. The average molecular weight is 916 g/mol. The zero-order valence-electron chi connectivity index (χ0n) is 44.0. The molecular weight excluding hydrogens is 801 g/mol.